The third-order valence-corrected chi connectivity index (χ3v) is 3.73. The fourth-order valence-corrected chi connectivity index (χ4v) is 2.37. The third kappa shape index (κ3) is 3.62. The van der Waals surface area contributed by atoms with E-state index in [4.69, 9.17) is 27.9 Å². The van der Waals surface area contributed by atoms with Crippen LogP contribution in [-0.4, -0.2) is 9.78 Å². The molecule has 6 heteroatoms. The Morgan fingerprint density at radius 2 is 1.95 bits per heavy atom. The first-order chi connectivity index (χ1) is 10.2. The number of hydrogen-bond acceptors (Lipinski definition) is 3. The maximum Gasteiger partial charge on any atom is 0.289 e. The lowest BCUT2D eigenvalue weighted by atomic mass is 10.1. The lowest BCUT2D eigenvalue weighted by Gasteiger charge is -2.22. The SMILES string of the molecule is CC(Oc1cnn(C(C)(C)C)c(=O)c1Cl)c1cccc(Cl)c1. The normalized spacial score (nSPS) is 13.0. The van der Waals surface area contributed by atoms with Crippen LogP contribution in [0, 0.1) is 0 Å². The second-order valence-electron chi connectivity index (χ2n) is 6.03. The molecule has 0 saturated carbocycles. The van der Waals surface area contributed by atoms with Crippen LogP contribution in [0.3, 0.4) is 0 Å². The predicted octanol–water partition coefficient (Wildman–Crippen LogP) is 4.45. The Bertz CT molecular complexity index is 736. The van der Waals surface area contributed by atoms with Gasteiger partial charge < -0.3 is 4.74 Å². The average molecular weight is 341 g/mol. The van der Waals surface area contributed by atoms with Crippen LogP contribution in [0.15, 0.2) is 35.3 Å². The lowest BCUT2D eigenvalue weighted by molar-refractivity contribution is 0.222. The van der Waals surface area contributed by atoms with E-state index in [1.807, 2.05) is 45.9 Å². The summed E-state index contributed by atoms with van der Waals surface area (Å²) >= 11 is 12.1. The summed E-state index contributed by atoms with van der Waals surface area (Å²) in [4.78, 5) is 12.3. The summed E-state index contributed by atoms with van der Waals surface area (Å²) < 4.78 is 7.11. The first kappa shape index (κ1) is 16.8. The number of aromatic nitrogens is 2. The van der Waals surface area contributed by atoms with Gasteiger partial charge in [0.05, 0.1) is 11.7 Å². The van der Waals surface area contributed by atoms with Crippen molar-refractivity contribution in [2.24, 2.45) is 0 Å². The molecule has 0 aliphatic rings. The lowest BCUT2D eigenvalue weighted by Crippen LogP contribution is -2.36. The molecule has 0 saturated heterocycles. The standard InChI is InChI=1S/C16H18Cl2N2O2/c1-10(11-6-5-7-12(17)8-11)22-13-9-19-20(16(2,3)4)15(21)14(13)18/h5-10H,1-4H3. The van der Waals surface area contributed by atoms with E-state index in [1.54, 1.807) is 6.07 Å². The van der Waals surface area contributed by atoms with E-state index in [0.717, 1.165) is 5.56 Å². The molecule has 2 aromatic rings. The van der Waals surface area contributed by atoms with Crippen LogP contribution in [0.5, 0.6) is 5.75 Å². The summed E-state index contributed by atoms with van der Waals surface area (Å²) in [5, 5.41) is 4.80. The van der Waals surface area contributed by atoms with Crippen molar-refractivity contribution in [3.8, 4) is 5.75 Å². The highest BCUT2D eigenvalue weighted by Crippen LogP contribution is 2.27. The molecule has 0 radical (unpaired) electrons. The van der Waals surface area contributed by atoms with Gasteiger partial charge in [-0.1, -0.05) is 35.3 Å². The summed E-state index contributed by atoms with van der Waals surface area (Å²) in [5.74, 6) is 0.264. The van der Waals surface area contributed by atoms with Gasteiger partial charge in [-0.2, -0.15) is 5.10 Å². The molecule has 1 atom stereocenters. The Balaban J connectivity index is 2.31. The molecule has 0 bridgehead atoms. The van der Waals surface area contributed by atoms with Gasteiger partial charge in [-0.05, 0) is 45.4 Å². The van der Waals surface area contributed by atoms with Crippen LogP contribution in [0.2, 0.25) is 10.0 Å². The minimum Gasteiger partial charge on any atom is -0.483 e. The Kier molecular flexibility index (Phi) is 4.83. The fourth-order valence-electron chi connectivity index (χ4n) is 2.00. The molecule has 2 rings (SSSR count). The number of ether oxygens (including phenoxy) is 1. The molecule has 0 fully saturated rings. The van der Waals surface area contributed by atoms with Gasteiger partial charge in [-0.15, -0.1) is 0 Å². The predicted molar refractivity (Wildman–Crippen MR) is 89.0 cm³/mol. The molecule has 0 aliphatic heterocycles. The van der Waals surface area contributed by atoms with Gasteiger partial charge in [0, 0.05) is 5.02 Å². The highest BCUT2D eigenvalue weighted by molar-refractivity contribution is 6.31. The minimum atomic E-state index is -0.447. The quantitative estimate of drug-likeness (QED) is 0.829. The number of benzene rings is 1. The van der Waals surface area contributed by atoms with E-state index < -0.39 is 5.54 Å². The molecule has 1 aromatic carbocycles. The molecule has 118 valence electrons. The summed E-state index contributed by atoms with van der Waals surface area (Å²) in [6.07, 6.45) is 1.17. The smallest absolute Gasteiger partial charge is 0.289 e. The molecule has 1 heterocycles. The molecular weight excluding hydrogens is 323 g/mol. The Labute approximate surface area is 139 Å². The van der Waals surface area contributed by atoms with E-state index >= 15 is 0 Å². The van der Waals surface area contributed by atoms with Crippen LogP contribution < -0.4 is 10.3 Å². The zero-order valence-electron chi connectivity index (χ0n) is 12.9. The zero-order valence-corrected chi connectivity index (χ0v) is 14.4. The molecule has 0 N–H and O–H groups in total. The van der Waals surface area contributed by atoms with Crippen molar-refractivity contribution in [3.63, 3.8) is 0 Å². The van der Waals surface area contributed by atoms with E-state index in [0.29, 0.717) is 5.02 Å². The van der Waals surface area contributed by atoms with Gasteiger partial charge in [0.15, 0.2) is 10.8 Å². The molecule has 22 heavy (non-hydrogen) atoms. The minimum absolute atomic E-state index is 0.0267. The van der Waals surface area contributed by atoms with Crippen LogP contribution in [0.1, 0.15) is 39.4 Å². The van der Waals surface area contributed by atoms with Crippen LogP contribution >= 0.6 is 23.2 Å². The highest BCUT2D eigenvalue weighted by Gasteiger charge is 2.21. The third-order valence-electron chi connectivity index (χ3n) is 3.14. The first-order valence-corrected chi connectivity index (χ1v) is 7.66. The van der Waals surface area contributed by atoms with Crippen LogP contribution in [-0.2, 0) is 5.54 Å². The van der Waals surface area contributed by atoms with E-state index in [2.05, 4.69) is 5.10 Å². The van der Waals surface area contributed by atoms with Crippen molar-refractivity contribution >= 4 is 23.2 Å². The van der Waals surface area contributed by atoms with Gasteiger partial charge in [-0.3, -0.25) is 4.79 Å². The molecule has 1 unspecified atom stereocenters. The van der Waals surface area contributed by atoms with Gasteiger partial charge in [0.1, 0.15) is 6.10 Å². The van der Waals surface area contributed by atoms with Gasteiger partial charge in [0.2, 0.25) is 0 Å². The molecule has 0 spiro atoms. The second-order valence-corrected chi connectivity index (χ2v) is 6.84. The number of hydrogen-bond donors (Lipinski definition) is 0. The molecule has 4 nitrogen and oxygen atoms in total. The molecular formula is C16H18Cl2N2O2. The largest absolute Gasteiger partial charge is 0.483 e. The van der Waals surface area contributed by atoms with Gasteiger partial charge >= 0.3 is 0 Å². The van der Waals surface area contributed by atoms with Crippen molar-refractivity contribution in [2.45, 2.75) is 39.3 Å². The number of nitrogens with zero attached hydrogens (tertiary/aromatic N) is 2. The Hall–Kier alpha value is -1.52. The number of halogens is 2. The molecule has 1 aromatic heterocycles. The zero-order chi connectivity index (χ0) is 16.5. The van der Waals surface area contributed by atoms with Crippen molar-refractivity contribution in [3.05, 3.63) is 56.4 Å². The van der Waals surface area contributed by atoms with E-state index in [1.165, 1.54) is 10.9 Å². The van der Waals surface area contributed by atoms with E-state index in [-0.39, 0.29) is 22.4 Å². The monoisotopic (exact) mass is 340 g/mol. The summed E-state index contributed by atoms with van der Waals surface area (Å²) in [6, 6.07) is 7.34. The Morgan fingerprint density at radius 1 is 1.27 bits per heavy atom. The molecule has 0 aliphatic carbocycles. The van der Waals surface area contributed by atoms with Crippen LogP contribution in [0.25, 0.3) is 0 Å². The second kappa shape index (κ2) is 6.31. The number of rotatable bonds is 3. The van der Waals surface area contributed by atoms with Gasteiger partial charge in [-0.25, -0.2) is 4.68 Å². The highest BCUT2D eigenvalue weighted by atomic mass is 35.5. The maximum atomic E-state index is 12.3. The maximum absolute atomic E-state index is 12.3. The topological polar surface area (TPSA) is 44.1 Å². The summed E-state index contributed by atoms with van der Waals surface area (Å²) in [7, 11) is 0. The summed E-state index contributed by atoms with van der Waals surface area (Å²) in [6.45, 7) is 7.50. The van der Waals surface area contributed by atoms with Gasteiger partial charge in [0.25, 0.3) is 5.56 Å². The fraction of sp³-hybridized carbons (Fsp3) is 0.375. The van der Waals surface area contributed by atoms with Crippen LogP contribution in [0.4, 0.5) is 0 Å². The van der Waals surface area contributed by atoms with Crippen molar-refractivity contribution in [1.29, 1.82) is 0 Å². The van der Waals surface area contributed by atoms with Crippen molar-refractivity contribution in [2.75, 3.05) is 0 Å². The van der Waals surface area contributed by atoms with Crippen molar-refractivity contribution in [1.82, 2.24) is 9.78 Å². The first-order valence-electron chi connectivity index (χ1n) is 6.90. The summed E-state index contributed by atoms with van der Waals surface area (Å²) in [5.41, 5.74) is 0.0752. The Morgan fingerprint density at radius 3 is 2.55 bits per heavy atom. The average Bonchev–Trinajstić information content (AvgIpc) is 2.42. The van der Waals surface area contributed by atoms with Crippen molar-refractivity contribution < 1.29 is 4.74 Å². The molecule has 0 amide bonds. The van der Waals surface area contributed by atoms with E-state index in [9.17, 15) is 4.79 Å².